The van der Waals surface area contributed by atoms with Crippen LogP contribution in [0.15, 0.2) is 152 Å². The van der Waals surface area contributed by atoms with Gasteiger partial charge in [0.2, 0.25) is 94.5 Å². The van der Waals surface area contributed by atoms with Crippen LogP contribution in [0.1, 0.15) is 99.1 Å². The zero-order valence-corrected chi connectivity index (χ0v) is 78.1. The van der Waals surface area contributed by atoms with Crippen molar-refractivity contribution >= 4 is 117 Å². The molecule has 138 heavy (non-hydrogen) atoms. The number of thioether (sulfide) groups is 1. The normalized spacial score (nSPS) is 23.7. The summed E-state index contributed by atoms with van der Waals surface area (Å²) in [5.74, 6) is -24.2. The number of para-hydroxylation sites is 1. The number of benzene rings is 6. The van der Waals surface area contributed by atoms with E-state index in [1.54, 1.807) is 112 Å². The lowest BCUT2D eigenvalue weighted by Crippen LogP contribution is -2.64. The molecule has 0 unspecified atom stereocenters. The molecule has 0 aliphatic carbocycles. The van der Waals surface area contributed by atoms with Crippen LogP contribution in [-0.2, 0) is 120 Å². The van der Waals surface area contributed by atoms with Gasteiger partial charge in [0.25, 0.3) is 0 Å². The Hall–Kier alpha value is -14.0. The number of phenols is 2. The topological polar surface area (TPSA) is 561 Å². The number of nitrogens with two attached hydrogens (primary N) is 3. The van der Waals surface area contributed by atoms with E-state index in [1.807, 2.05) is 0 Å². The molecule has 42 heteroatoms. The molecular formula is C96H119F3N18O20S. The monoisotopic (exact) mass is 1930 g/mol. The van der Waals surface area contributed by atoms with Crippen LogP contribution < -0.4 is 65.1 Å². The Bertz CT molecular complexity index is 5490. The van der Waals surface area contributed by atoms with E-state index in [1.165, 1.54) is 69.7 Å². The van der Waals surface area contributed by atoms with Crippen LogP contribution in [0.25, 0.3) is 10.9 Å². The second kappa shape index (κ2) is 50.2. The van der Waals surface area contributed by atoms with Crippen LogP contribution >= 0.6 is 11.8 Å². The molecule has 0 saturated carbocycles. The summed E-state index contributed by atoms with van der Waals surface area (Å²) in [5, 5.41) is 56.5. The van der Waals surface area contributed by atoms with Gasteiger partial charge in [0.15, 0.2) is 17.5 Å². The third-order valence-electron chi connectivity index (χ3n) is 24.3. The average Bonchev–Trinajstić information content (AvgIpc) is 1.47. The summed E-state index contributed by atoms with van der Waals surface area (Å²) < 4.78 is 51.1. The molecule has 0 radical (unpaired) electrons. The van der Waals surface area contributed by atoms with Crippen molar-refractivity contribution in [2.24, 2.45) is 23.1 Å². The molecule has 740 valence electrons. The number of carbonyl (C=O) groups excluding carboxylic acids is 16. The average molecular weight is 1930 g/mol. The van der Waals surface area contributed by atoms with Crippen molar-refractivity contribution in [3.63, 3.8) is 0 Å². The number of nitrogens with zero attached hydrogens (tertiary/aromatic N) is 5. The Morgan fingerprint density at radius 3 is 1.63 bits per heavy atom. The SMILES string of the molecule is CCCC[C@H]1C(=O)N2C[C@@H](O)C[C@@H]2C(=O)N[C@@H](CC(N)=O)C(=O)N[C@@H](C(C)C)C(=O)N(C)[C@@H](Cc2ccccc2)C(=O)N[C@@H](Cc2ccc(O)cc2)C(=O)N2CCOC[C@@H]2C(=O)N[C@@H](Cc2c[nH]c3ccccc23)C(=O)N[C@@H](Cc2ccc(O)cc2)C(=O)N[C@@H](CCCN)C(=O)N[C@H](C(=O)NCC(N)=O)CSCC(=O)N[C@@H](Cc2cc(F)c(F)c(F)c2)C(=O)N(C)[C@@H](Cc2ccccc2)C(=O)N1C. The number of aromatic nitrogens is 1. The van der Waals surface area contributed by atoms with E-state index in [-0.39, 0.29) is 94.5 Å². The number of aliphatic hydroxyl groups is 1. The molecular weight excluding hydrogens is 1810 g/mol. The highest BCUT2D eigenvalue weighted by Crippen LogP contribution is 2.29. The number of aromatic amines is 1. The number of aromatic hydroxyl groups is 2. The largest absolute Gasteiger partial charge is 0.508 e. The number of likely N-dealkylation sites (N-methyl/N-ethyl adjacent to an activating group) is 3. The number of nitrogens with one attached hydrogen (secondary N) is 10. The minimum Gasteiger partial charge on any atom is -0.508 e. The van der Waals surface area contributed by atoms with E-state index in [9.17, 15) is 38.9 Å². The van der Waals surface area contributed by atoms with Gasteiger partial charge in [0, 0.05) is 102 Å². The number of rotatable bonds is 24. The van der Waals surface area contributed by atoms with Crippen LogP contribution in [0.4, 0.5) is 13.2 Å². The summed E-state index contributed by atoms with van der Waals surface area (Å²) in [6, 6.07) is 13.9. The number of halogens is 3. The Kier molecular flexibility index (Phi) is 38.6. The van der Waals surface area contributed by atoms with E-state index in [0.29, 0.717) is 69.0 Å². The molecule has 7 aromatic rings. The third kappa shape index (κ3) is 29.0. The summed E-state index contributed by atoms with van der Waals surface area (Å²) in [6.07, 6.45) is -3.40. The third-order valence-corrected chi connectivity index (χ3v) is 25.3. The first-order chi connectivity index (χ1) is 65.8. The Morgan fingerprint density at radius 1 is 0.514 bits per heavy atom. The number of hydrogen-bond acceptors (Lipinski definition) is 22. The van der Waals surface area contributed by atoms with Crippen molar-refractivity contribution in [2.75, 3.05) is 72.0 Å². The van der Waals surface area contributed by atoms with Gasteiger partial charge in [-0.05, 0) is 108 Å². The number of morpholine rings is 1. The van der Waals surface area contributed by atoms with Gasteiger partial charge < -0.3 is 115 Å². The molecule has 3 aliphatic heterocycles. The summed E-state index contributed by atoms with van der Waals surface area (Å²) in [4.78, 5) is 248. The molecule has 1 aromatic heterocycles. The number of phenolic OH excluding ortho intramolecular Hbond substituents is 2. The molecule has 0 spiro atoms. The van der Waals surface area contributed by atoms with E-state index >= 15 is 66.3 Å². The van der Waals surface area contributed by atoms with Gasteiger partial charge in [0.1, 0.15) is 90.0 Å². The molecule has 0 bridgehead atoms. The van der Waals surface area contributed by atoms with Gasteiger partial charge in [-0.1, -0.05) is 137 Å². The molecule has 3 saturated heterocycles. The number of aliphatic hydroxyl groups excluding tert-OH is 1. The number of amides is 16. The molecule has 19 N–H and O–H groups in total. The maximum Gasteiger partial charge on any atom is 0.246 e. The van der Waals surface area contributed by atoms with Crippen LogP contribution in [0.5, 0.6) is 11.5 Å². The standard InChI is InChI=1S/C96H119F3N18O20S/c1-7-8-25-74-95(135)117-49-62(120)45-76(117)90(130)109-70(46-79(101)121)88(128)112-83(53(2)3)96(136)114(5)75(42-54-18-11-9-12-19-54)89(129)110-72(40-57-28-32-61(119)33-29-57)93(133)116-35-36-137-50-78(116)91(131)108-69(44-59-47-103-66-23-16-15-22-63(59)66)87(127)107-68(39-56-26-30-60(118)31-27-56)86(126)106-67(24-17-34-100)85(125)111-73(84(124)104-48-80(102)122)51-138-52-81(123)105-71(41-58-37-64(97)82(99)65(98)38-58)92(132)115(6)77(94(134)113(74)4)43-55-20-13-10-14-21-55/h9-16,18-23,26-33,37-38,47,53,62,67-78,83,103,118-120H,7-8,17,24-25,34-36,39-46,48-52,100H2,1-6H3,(H2,101,121)(H2,102,122)(H,104,124)(H,105,123)(H,106,126)(H,107,127)(H,108,131)(H,109,130)(H,110,129)(H,111,125)(H,112,128)/t62-,67-,68-,69-,70-,71-,72-,73-,74-,75-,76+,77-,78+,83-/m0/s1. The van der Waals surface area contributed by atoms with Gasteiger partial charge in [0.05, 0.1) is 38.0 Å². The van der Waals surface area contributed by atoms with Gasteiger partial charge >= 0.3 is 0 Å². The molecule has 14 atom stereocenters. The fourth-order valence-electron chi connectivity index (χ4n) is 16.7. The first-order valence-electron chi connectivity index (χ1n) is 45.3. The molecule has 38 nitrogen and oxygen atoms in total. The van der Waals surface area contributed by atoms with Crippen LogP contribution in [0.2, 0.25) is 0 Å². The van der Waals surface area contributed by atoms with E-state index in [4.69, 9.17) is 21.9 Å². The first-order valence-corrected chi connectivity index (χ1v) is 46.5. The lowest BCUT2D eigenvalue weighted by atomic mass is 9.98. The number of carbonyl (C=O) groups is 16. The number of primary amides is 2. The molecule has 16 amide bonds. The number of hydrogen-bond donors (Lipinski definition) is 16. The number of fused-ring (bicyclic) bond motifs is 3. The molecule has 3 fully saturated rings. The maximum atomic E-state index is 15.9. The highest BCUT2D eigenvalue weighted by Gasteiger charge is 2.48. The molecule has 6 aromatic carbocycles. The van der Waals surface area contributed by atoms with E-state index < -0.39 is 253 Å². The van der Waals surface area contributed by atoms with E-state index in [0.717, 1.165) is 24.5 Å². The summed E-state index contributed by atoms with van der Waals surface area (Å²) in [6.45, 7) is 2.46. The Balaban J connectivity index is 1.07. The second-order valence-corrected chi connectivity index (χ2v) is 35.9. The van der Waals surface area contributed by atoms with Crippen molar-refractivity contribution < 1.29 is 110 Å². The zero-order valence-electron chi connectivity index (χ0n) is 77.2. The molecule has 4 heterocycles. The number of unbranched alkanes of at least 4 members (excludes halogenated alkanes) is 1. The van der Waals surface area contributed by atoms with E-state index in [2.05, 4.69) is 52.8 Å². The summed E-state index contributed by atoms with van der Waals surface area (Å²) in [5.41, 5.74) is 19.6. The lowest BCUT2D eigenvalue weighted by Gasteiger charge is -2.38. The lowest BCUT2D eigenvalue weighted by molar-refractivity contribution is -0.152. The number of H-pyrrole nitrogens is 1. The van der Waals surface area contributed by atoms with Crippen molar-refractivity contribution in [1.82, 2.24) is 77.3 Å². The predicted octanol–water partition coefficient (Wildman–Crippen LogP) is 0.110. The predicted molar refractivity (Wildman–Crippen MR) is 499 cm³/mol. The highest BCUT2D eigenvalue weighted by molar-refractivity contribution is 8.00. The summed E-state index contributed by atoms with van der Waals surface area (Å²) in [7, 11) is 3.68. The van der Waals surface area contributed by atoms with Crippen molar-refractivity contribution in [3.8, 4) is 11.5 Å². The van der Waals surface area contributed by atoms with Crippen molar-refractivity contribution in [1.29, 1.82) is 0 Å². The highest BCUT2D eigenvalue weighted by atomic mass is 32.2. The van der Waals surface area contributed by atoms with Crippen molar-refractivity contribution in [3.05, 3.63) is 203 Å². The Morgan fingerprint density at radius 2 is 1.03 bits per heavy atom. The van der Waals surface area contributed by atoms with Gasteiger partial charge in [-0.2, -0.15) is 0 Å². The van der Waals surface area contributed by atoms with Gasteiger partial charge in [-0.25, -0.2) is 13.2 Å². The molecule has 10 rings (SSSR count). The number of ether oxygens (including phenoxy) is 1. The minimum atomic E-state index is -1.92. The van der Waals surface area contributed by atoms with Crippen LogP contribution in [-0.4, -0.2) is 296 Å². The first kappa shape index (κ1) is 106. The van der Waals surface area contributed by atoms with Gasteiger partial charge in [-0.3, -0.25) is 76.7 Å². The van der Waals surface area contributed by atoms with Crippen LogP contribution in [0, 0.1) is 23.4 Å². The zero-order chi connectivity index (χ0) is 100. The van der Waals surface area contributed by atoms with Gasteiger partial charge in [-0.15, -0.1) is 11.8 Å². The fourth-order valence-corrected chi connectivity index (χ4v) is 17.6. The smallest absolute Gasteiger partial charge is 0.246 e. The minimum absolute atomic E-state index is 0.0141. The van der Waals surface area contributed by atoms with Crippen LogP contribution in [0.3, 0.4) is 0 Å². The Labute approximate surface area is 798 Å². The second-order valence-electron chi connectivity index (χ2n) is 34.8. The molecule has 3 aliphatic rings. The maximum absolute atomic E-state index is 15.9. The van der Waals surface area contributed by atoms with Crippen molar-refractivity contribution in [2.45, 2.75) is 189 Å². The fraction of sp³-hybridized carbons (Fsp3) is 0.438. The quantitative estimate of drug-likeness (QED) is 0.0357. The summed E-state index contributed by atoms with van der Waals surface area (Å²) >= 11 is 0.645.